The summed E-state index contributed by atoms with van der Waals surface area (Å²) < 4.78 is 4.59. The number of nitrogens with one attached hydrogen (secondary N) is 1. The Morgan fingerprint density at radius 3 is 2.84 bits per heavy atom. The van der Waals surface area contributed by atoms with Crippen molar-refractivity contribution >= 4 is 45.2 Å². The van der Waals surface area contributed by atoms with Crippen LogP contribution in [0, 0.1) is 0 Å². The Bertz CT molecular complexity index is 941. The van der Waals surface area contributed by atoms with Gasteiger partial charge >= 0.3 is 5.97 Å². The molecule has 25 heavy (non-hydrogen) atoms. The van der Waals surface area contributed by atoms with Crippen LogP contribution in [-0.2, 0) is 20.7 Å². The summed E-state index contributed by atoms with van der Waals surface area (Å²) in [6.07, 6.45) is 3.35. The Labute approximate surface area is 149 Å². The first kappa shape index (κ1) is 16.9. The number of amides is 1. The summed E-state index contributed by atoms with van der Waals surface area (Å²) in [7, 11) is 1.33. The van der Waals surface area contributed by atoms with E-state index >= 15 is 0 Å². The molecule has 0 bridgehead atoms. The number of thiazole rings is 1. The van der Waals surface area contributed by atoms with Crippen molar-refractivity contribution in [3.8, 4) is 0 Å². The predicted molar refractivity (Wildman–Crippen MR) is 99.4 cm³/mol. The average molecular weight is 352 g/mol. The molecule has 1 heterocycles. The number of methoxy groups -OCH3 is 1. The van der Waals surface area contributed by atoms with Crippen molar-refractivity contribution < 1.29 is 14.3 Å². The maximum Gasteiger partial charge on any atom is 0.311 e. The maximum atomic E-state index is 12.1. The Balaban J connectivity index is 1.68. The third-order valence-corrected chi connectivity index (χ3v) is 4.38. The van der Waals surface area contributed by atoms with Crippen molar-refractivity contribution in [3.05, 3.63) is 65.2 Å². The molecule has 0 aliphatic carbocycles. The summed E-state index contributed by atoms with van der Waals surface area (Å²) in [5.74, 6) is -0.633. The summed E-state index contributed by atoms with van der Waals surface area (Å²) in [5, 5.41) is 7.08. The Kier molecular flexibility index (Phi) is 5.20. The van der Waals surface area contributed by atoms with Crippen LogP contribution in [-0.4, -0.2) is 24.0 Å². The molecule has 126 valence electrons. The van der Waals surface area contributed by atoms with Gasteiger partial charge in [-0.05, 0) is 22.4 Å². The number of anilines is 1. The van der Waals surface area contributed by atoms with Crippen molar-refractivity contribution in [2.75, 3.05) is 12.4 Å². The van der Waals surface area contributed by atoms with Crippen LogP contribution in [0.4, 0.5) is 5.13 Å². The molecule has 0 saturated carbocycles. The smallest absolute Gasteiger partial charge is 0.311 e. The highest BCUT2D eigenvalue weighted by Crippen LogP contribution is 2.20. The molecule has 0 radical (unpaired) electrons. The number of fused-ring (bicyclic) bond motifs is 1. The van der Waals surface area contributed by atoms with Crippen molar-refractivity contribution in [2.24, 2.45) is 0 Å². The molecule has 3 rings (SSSR count). The number of aromatic nitrogens is 1. The van der Waals surface area contributed by atoms with E-state index in [1.54, 1.807) is 11.5 Å². The second-order valence-electron chi connectivity index (χ2n) is 5.29. The number of hydrogen-bond donors (Lipinski definition) is 1. The summed E-state index contributed by atoms with van der Waals surface area (Å²) in [6.45, 7) is 0. The molecule has 1 amide bonds. The number of esters is 1. The highest BCUT2D eigenvalue weighted by Gasteiger charge is 2.08. The number of carbonyl (C=O) groups excluding carboxylic acids is 2. The first-order valence-corrected chi connectivity index (χ1v) is 8.52. The minimum absolute atomic E-state index is 0.0920. The third kappa shape index (κ3) is 4.30. The van der Waals surface area contributed by atoms with Crippen molar-refractivity contribution in [2.45, 2.75) is 6.42 Å². The van der Waals surface area contributed by atoms with E-state index in [2.05, 4.69) is 15.0 Å². The summed E-state index contributed by atoms with van der Waals surface area (Å²) in [5.41, 5.74) is 1.55. The summed E-state index contributed by atoms with van der Waals surface area (Å²) >= 11 is 1.27. The van der Waals surface area contributed by atoms with Crippen LogP contribution in [0.15, 0.2) is 53.9 Å². The van der Waals surface area contributed by atoms with Crippen molar-refractivity contribution in [3.63, 3.8) is 0 Å². The lowest BCUT2D eigenvalue weighted by Crippen LogP contribution is -2.08. The average Bonchev–Trinajstić information content (AvgIpc) is 3.06. The molecule has 3 aromatic rings. The quantitative estimate of drug-likeness (QED) is 0.562. The fourth-order valence-corrected chi connectivity index (χ4v) is 3.09. The second kappa shape index (κ2) is 7.72. The minimum atomic E-state index is -0.362. The van der Waals surface area contributed by atoms with Gasteiger partial charge in [-0.1, -0.05) is 42.5 Å². The molecule has 6 heteroatoms. The molecule has 1 N–H and O–H groups in total. The van der Waals surface area contributed by atoms with Crippen LogP contribution in [0.3, 0.4) is 0 Å². The van der Waals surface area contributed by atoms with Crippen LogP contribution in [0.5, 0.6) is 0 Å². The van der Waals surface area contributed by atoms with E-state index in [-0.39, 0.29) is 18.3 Å². The zero-order chi connectivity index (χ0) is 17.6. The van der Waals surface area contributed by atoms with E-state index in [4.69, 9.17) is 0 Å². The molecule has 2 aromatic carbocycles. The standard InChI is InChI=1S/C19H16N2O3S/c1-24-18(23)11-15-12-25-19(20-15)21-17(22)10-9-14-7-4-6-13-5-2-3-8-16(13)14/h2-10,12H,11H2,1H3,(H,20,21,22)/b10-9+. The van der Waals surface area contributed by atoms with Gasteiger partial charge in [-0.15, -0.1) is 11.3 Å². The number of benzene rings is 2. The van der Waals surface area contributed by atoms with Crippen LogP contribution in [0.2, 0.25) is 0 Å². The van der Waals surface area contributed by atoms with Gasteiger partial charge in [-0.3, -0.25) is 14.9 Å². The Morgan fingerprint density at radius 2 is 2.00 bits per heavy atom. The van der Waals surface area contributed by atoms with Gasteiger partial charge in [0, 0.05) is 11.5 Å². The molecule has 1 aromatic heterocycles. The van der Waals surface area contributed by atoms with Gasteiger partial charge in [0.25, 0.3) is 0 Å². The first-order valence-electron chi connectivity index (χ1n) is 7.64. The fraction of sp³-hybridized carbons (Fsp3) is 0.105. The lowest BCUT2D eigenvalue weighted by molar-refractivity contribution is -0.139. The van der Waals surface area contributed by atoms with E-state index < -0.39 is 0 Å². The van der Waals surface area contributed by atoms with Gasteiger partial charge in [-0.2, -0.15) is 0 Å². The SMILES string of the molecule is COC(=O)Cc1csc(NC(=O)/C=C/c2cccc3ccccc23)n1. The summed E-state index contributed by atoms with van der Waals surface area (Å²) in [4.78, 5) is 27.5. The molecule has 0 fully saturated rings. The van der Waals surface area contributed by atoms with E-state index in [0.717, 1.165) is 16.3 Å². The number of hydrogen-bond acceptors (Lipinski definition) is 5. The molecular weight excluding hydrogens is 336 g/mol. The molecule has 0 spiro atoms. The lowest BCUT2D eigenvalue weighted by atomic mass is 10.0. The first-order chi connectivity index (χ1) is 12.2. The van der Waals surface area contributed by atoms with E-state index in [9.17, 15) is 9.59 Å². The van der Waals surface area contributed by atoms with Gasteiger partial charge in [0.05, 0.1) is 19.2 Å². The van der Waals surface area contributed by atoms with Crippen molar-refractivity contribution in [1.29, 1.82) is 0 Å². The lowest BCUT2D eigenvalue weighted by Gasteiger charge is -2.01. The normalized spacial score (nSPS) is 10.9. The highest BCUT2D eigenvalue weighted by molar-refractivity contribution is 7.14. The second-order valence-corrected chi connectivity index (χ2v) is 6.15. The number of nitrogens with zero attached hydrogens (tertiary/aromatic N) is 1. The monoisotopic (exact) mass is 352 g/mol. The van der Waals surface area contributed by atoms with Crippen molar-refractivity contribution in [1.82, 2.24) is 4.98 Å². The Morgan fingerprint density at radius 1 is 1.20 bits per heavy atom. The number of carbonyl (C=O) groups is 2. The zero-order valence-corrected chi connectivity index (χ0v) is 14.4. The zero-order valence-electron chi connectivity index (χ0n) is 13.6. The number of rotatable bonds is 5. The molecule has 0 atom stereocenters. The highest BCUT2D eigenvalue weighted by atomic mass is 32.1. The number of ether oxygens (including phenoxy) is 1. The van der Waals surface area contributed by atoms with Gasteiger partial charge in [-0.25, -0.2) is 4.98 Å². The molecular formula is C19H16N2O3S. The fourth-order valence-electron chi connectivity index (χ4n) is 2.37. The summed E-state index contributed by atoms with van der Waals surface area (Å²) in [6, 6.07) is 14.0. The third-order valence-electron chi connectivity index (χ3n) is 3.57. The molecule has 0 aliphatic rings. The molecule has 0 saturated heterocycles. The van der Waals surface area contributed by atoms with Gasteiger partial charge < -0.3 is 4.74 Å². The van der Waals surface area contributed by atoms with Gasteiger partial charge in [0.1, 0.15) is 0 Å². The maximum absolute atomic E-state index is 12.1. The van der Waals surface area contributed by atoms with Crippen LogP contribution < -0.4 is 5.32 Å². The predicted octanol–water partition coefficient (Wildman–Crippen LogP) is 3.66. The Hall–Kier alpha value is -2.99. The minimum Gasteiger partial charge on any atom is -0.469 e. The molecule has 0 unspecified atom stereocenters. The molecule has 0 aliphatic heterocycles. The van der Waals surface area contributed by atoms with E-state index in [0.29, 0.717) is 10.8 Å². The van der Waals surface area contributed by atoms with Crippen LogP contribution in [0.1, 0.15) is 11.3 Å². The van der Waals surface area contributed by atoms with E-state index in [1.165, 1.54) is 24.5 Å². The van der Waals surface area contributed by atoms with E-state index in [1.807, 2.05) is 42.5 Å². The van der Waals surface area contributed by atoms with Crippen LogP contribution >= 0.6 is 11.3 Å². The van der Waals surface area contributed by atoms with Gasteiger partial charge in [0.15, 0.2) is 5.13 Å². The largest absolute Gasteiger partial charge is 0.469 e. The van der Waals surface area contributed by atoms with Crippen LogP contribution in [0.25, 0.3) is 16.8 Å². The topological polar surface area (TPSA) is 68.3 Å². The van der Waals surface area contributed by atoms with Gasteiger partial charge in [0.2, 0.25) is 5.91 Å². The molecule has 5 nitrogen and oxygen atoms in total.